The van der Waals surface area contributed by atoms with Gasteiger partial charge in [0.25, 0.3) is 0 Å². The van der Waals surface area contributed by atoms with Crippen LogP contribution in [0.2, 0.25) is 0 Å². The molecule has 0 spiro atoms. The van der Waals surface area contributed by atoms with Crippen molar-refractivity contribution in [2.24, 2.45) is 0 Å². The van der Waals surface area contributed by atoms with Crippen LogP contribution in [0, 0.1) is 0 Å². The predicted octanol–water partition coefficient (Wildman–Crippen LogP) is 0.664. The maximum Gasteiger partial charge on any atom is 0.163 e. The molecule has 2 fully saturated rings. The number of hydrogen-bond acceptors (Lipinski definition) is 3. The highest BCUT2D eigenvalue weighted by atomic mass is 16.8. The van der Waals surface area contributed by atoms with Crippen LogP contribution in [0.5, 0.6) is 0 Å². The third-order valence-corrected chi connectivity index (χ3v) is 2.38. The molecule has 3 atom stereocenters. The molecule has 0 amide bonds. The highest BCUT2D eigenvalue weighted by molar-refractivity contribution is 5.05. The normalized spacial score (nSPS) is 44.3. The maximum absolute atomic E-state index is 5.72. The van der Waals surface area contributed by atoms with Gasteiger partial charge in [-0.25, -0.2) is 0 Å². The fourth-order valence-electron chi connectivity index (χ4n) is 1.91. The second kappa shape index (κ2) is 2.55. The van der Waals surface area contributed by atoms with E-state index < -0.39 is 5.79 Å². The average Bonchev–Trinajstić information content (AvgIpc) is 2.42. The van der Waals surface area contributed by atoms with Crippen LogP contribution < -0.4 is 5.32 Å². The third-order valence-electron chi connectivity index (χ3n) is 2.38. The summed E-state index contributed by atoms with van der Waals surface area (Å²) in [5.74, 6) is -0.418. The number of fused-ring (bicyclic) bond motifs is 1. The Morgan fingerprint density at radius 3 is 2.92 bits per heavy atom. The van der Waals surface area contributed by atoms with Crippen molar-refractivity contribution in [3.63, 3.8) is 0 Å². The van der Waals surface area contributed by atoms with Crippen LogP contribution in [0.4, 0.5) is 0 Å². The van der Waals surface area contributed by atoms with E-state index in [1.54, 1.807) is 0 Å². The Morgan fingerprint density at radius 1 is 1.50 bits per heavy atom. The molecule has 0 unspecified atom stereocenters. The lowest BCUT2D eigenvalue weighted by Gasteiger charge is -2.20. The number of rotatable bonds is 1. The van der Waals surface area contributed by atoms with Gasteiger partial charge < -0.3 is 14.8 Å². The standard InChI is InChI=1S/C9H15NO2/c1-4-6-8-7(5-10-6)11-9(2,3)12-8/h4,6-8,10H,1,5H2,2-3H3/t6-,7-,8+/m1/s1. The van der Waals surface area contributed by atoms with E-state index in [4.69, 9.17) is 9.47 Å². The molecule has 3 nitrogen and oxygen atoms in total. The van der Waals surface area contributed by atoms with Gasteiger partial charge >= 0.3 is 0 Å². The molecular weight excluding hydrogens is 154 g/mol. The maximum atomic E-state index is 5.72. The molecule has 0 saturated carbocycles. The second-order valence-electron chi connectivity index (χ2n) is 3.81. The molecule has 0 aromatic heterocycles. The van der Waals surface area contributed by atoms with Crippen molar-refractivity contribution in [3.8, 4) is 0 Å². The first-order valence-electron chi connectivity index (χ1n) is 4.34. The minimum Gasteiger partial charge on any atom is -0.343 e. The summed E-state index contributed by atoms with van der Waals surface area (Å²) in [5, 5.41) is 3.28. The Bertz CT molecular complexity index is 203. The number of nitrogens with one attached hydrogen (secondary N) is 1. The predicted molar refractivity (Wildman–Crippen MR) is 45.8 cm³/mol. The van der Waals surface area contributed by atoms with Crippen molar-refractivity contribution in [3.05, 3.63) is 12.7 Å². The minimum absolute atomic E-state index is 0.150. The lowest BCUT2D eigenvalue weighted by Crippen LogP contribution is -2.33. The Morgan fingerprint density at radius 2 is 2.25 bits per heavy atom. The highest BCUT2D eigenvalue weighted by Crippen LogP contribution is 2.32. The topological polar surface area (TPSA) is 30.5 Å². The van der Waals surface area contributed by atoms with E-state index in [2.05, 4.69) is 11.9 Å². The molecule has 0 aromatic carbocycles. The quantitative estimate of drug-likeness (QED) is 0.585. The zero-order valence-electron chi connectivity index (χ0n) is 7.54. The molecular formula is C9H15NO2. The molecule has 2 saturated heterocycles. The monoisotopic (exact) mass is 169 g/mol. The van der Waals surface area contributed by atoms with E-state index in [0.29, 0.717) is 0 Å². The van der Waals surface area contributed by atoms with Crippen molar-refractivity contribution in [1.82, 2.24) is 5.32 Å². The summed E-state index contributed by atoms with van der Waals surface area (Å²) in [4.78, 5) is 0. The van der Waals surface area contributed by atoms with E-state index in [-0.39, 0.29) is 18.2 Å². The molecule has 3 heteroatoms. The van der Waals surface area contributed by atoms with Crippen molar-refractivity contribution in [2.45, 2.75) is 37.9 Å². The summed E-state index contributed by atoms with van der Waals surface area (Å²) in [7, 11) is 0. The van der Waals surface area contributed by atoms with Crippen LogP contribution in [0.15, 0.2) is 12.7 Å². The van der Waals surface area contributed by atoms with Gasteiger partial charge in [-0.15, -0.1) is 6.58 Å². The first kappa shape index (κ1) is 8.23. The molecule has 2 aliphatic heterocycles. The largest absolute Gasteiger partial charge is 0.343 e. The highest BCUT2D eigenvalue weighted by Gasteiger charge is 2.47. The van der Waals surface area contributed by atoms with Crippen molar-refractivity contribution in [2.75, 3.05) is 6.54 Å². The van der Waals surface area contributed by atoms with Gasteiger partial charge in [0.15, 0.2) is 5.79 Å². The van der Waals surface area contributed by atoms with Gasteiger partial charge in [-0.3, -0.25) is 0 Å². The minimum atomic E-state index is -0.418. The summed E-state index contributed by atoms with van der Waals surface area (Å²) in [6, 6.07) is 0.247. The van der Waals surface area contributed by atoms with Gasteiger partial charge in [-0.05, 0) is 13.8 Å². The van der Waals surface area contributed by atoms with Crippen LogP contribution in [0.25, 0.3) is 0 Å². The second-order valence-corrected chi connectivity index (χ2v) is 3.81. The van der Waals surface area contributed by atoms with Crippen molar-refractivity contribution in [1.29, 1.82) is 0 Å². The molecule has 0 aromatic rings. The van der Waals surface area contributed by atoms with E-state index in [1.165, 1.54) is 0 Å². The van der Waals surface area contributed by atoms with Crippen LogP contribution in [0.3, 0.4) is 0 Å². The average molecular weight is 169 g/mol. The van der Waals surface area contributed by atoms with Gasteiger partial charge in [0.05, 0.1) is 6.04 Å². The van der Waals surface area contributed by atoms with Gasteiger partial charge in [-0.2, -0.15) is 0 Å². The first-order valence-corrected chi connectivity index (χ1v) is 4.34. The summed E-state index contributed by atoms with van der Waals surface area (Å²) in [6.07, 6.45) is 2.23. The Kier molecular flexibility index (Phi) is 1.75. The molecule has 2 rings (SSSR count). The summed E-state index contributed by atoms with van der Waals surface area (Å²) in [6.45, 7) is 8.52. The van der Waals surface area contributed by atoms with Gasteiger partial charge in [0, 0.05) is 6.54 Å². The van der Waals surface area contributed by atoms with Crippen molar-refractivity contribution < 1.29 is 9.47 Å². The van der Waals surface area contributed by atoms with Crippen LogP contribution in [-0.2, 0) is 9.47 Å². The van der Waals surface area contributed by atoms with Gasteiger partial charge in [-0.1, -0.05) is 6.08 Å². The zero-order chi connectivity index (χ0) is 8.77. The lowest BCUT2D eigenvalue weighted by molar-refractivity contribution is -0.151. The molecule has 2 aliphatic rings. The summed E-state index contributed by atoms with van der Waals surface area (Å²) >= 11 is 0. The summed E-state index contributed by atoms with van der Waals surface area (Å²) in [5.41, 5.74) is 0. The number of ether oxygens (including phenoxy) is 2. The fourth-order valence-corrected chi connectivity index (χ4v) is 1.91. The van der Waals surface area contributed by atoms with Crippen LogP contribution in [0.1, 0.15) is 13.8 Å². The molecule has 0 radical (unpaired) electrons. The molecule has 1 N–H and O–H groups in total. The molecule has 0 aliphatic carbocycles. The lowest BCUT2D eigenvalue weighted by atomic mass is 10.1. The molecule has 68 valence electrons. The molecule has 12 heavy (non-hydrogen) atoms. The Labute approximate surface area is 72.7 Å². The number of hydrogen-bond donors (Lipinski definition) is 1. The van der Waals surface area contributed by atoms with E-state index in [1.807, 2.05) is 19.9 Å². The van der Waals surface area contributed by atoms with Crippen molar-refractivity contribution >= 4 is 0 Å². The van der Waals surface area contributed by atoms with Crippen LogP contribution in [-0.4, -0.2) is 30.6 Å². The smallest absolute Gasteiger partial charge is 0.163 e. The van der Waals surface area contributed by atoms with E-state index >= 15 is 0 Å². The van der Waals surface area contributed by atoms with E-state index in [9.17, 15) is 0 Å². The first-order chi connectivity index (χ1) is 5.62. The fraction of sp³-hybridized carbons (Fsp3) is 0.778. The molecule has 0 bridgehead atoms. The van der Waals surface area contributed by atoms with Gasteiger partial charge in [0.1, 0.15) is 12.2 Å². The third kappa shape index (κ3) is 1.18. The van der Waals surface area contributed by atoms with Crippen LogP contribution >= 0.6 is 0 Å². The molecule has 2 heterocycles. The Balaban J connectivity index is 2.11. The summed E-state index contributed by atoms with van der Waals surface area (Å²) < 4.78 is 11.4. The Hall–Kier alpha value is -0.380. The van der Waals surface area contributed by atoms with E-state index in [0.717, 1.165) is 6.54 Å². The zero-order valence-corrected chi connectivity index (χ0v) is 7.54. The van der Waals surface area contributed by atoms with Gasteiger partial charge in [0.2, 0.25) is 0 Å². The SMILES string of the molecule is C=C[C@H]1NC[C@H]2OC(C)(C)O[C@@H]12.